The van der Waals surface area contributed by atoms with Crippen LogP contribution in [0.25, 0.3) is 0 Å². The number of nitrogens with two attached hydrogens (primary N) is 2. The molecule has 0 amide bonds. The van der Waals surface area contributed by atoms with Crippen LogP contribution in [0.1, 0.15) is 57.5 Å². The van der Waals surface area contributed by atoms with Crippen molar-refractivity contribution in [2.24, 2.45) is 0 Å². The van der Waals surface area contributed by atoms with Gasteiger partial charge in [-0.3, -0.25) is 0 Å². The number of nitrogen functional groups attached to an aromatic ring is 2. The zero-order valence-electron chi connectivity index (χ0n) is 10.5. The van der Waals surface area contributed by atoms with Crippen LogP contribution in [0.5, 0.6) is 0 Å². The van der Waals surface area contributed by atoms with E-state index in [-0.39, 0.29) is 0 Å². The Balaban J connectivity index is 2.42. The minimum Gasteiger partial charge on any atom is -0.382 e. The van der Waals surface area contributed by atoms with E-state index in [0.717, 1.165) is 30.8 Å². The highest BCUT2D eigenvalue weighted by Crippen LogP contribution is 2.15. The quantitative estimate of drug-likeness (QED) is 0.551. The summed E-state index contributed by atoms with van der Waals surface area (Å²) in [7, 11) is 0. The van der Waals surface area contributed by atoms with Crippen LogP contribution in [0.2, 0.25) is 0 Å². The molecule has 1 aromatic heterocycles. The van der Waals surface area contributed by atoms with Crippen LogP contribution in [0.15, 0.2) is 0 Å². The van der Waals surface area contributed by atoms with Crippen molar-refractivity contribution in [3.63, 3.8) is 0 Å². The highest BCUT2D eigenvalue weighted by Gasteiger charge is 2.10. The minimum atomic E-state index is 0.632. The molecule has 1 aromatic rings. The van der Waals surface area contributed by atoms with Crippen LogP contribution in [0, 0.1) is 0 Å². The lowest BCUT2D eigenvalue weighted by atomic mass is 10.1. The molecule has 0 bridgehead atoms. The lowest BCUT2D eigenvalue weighted by Gasteiger charge is -2.00. The number of anilines is 1. The van der Waals surface area contributed by atoms with Crippen molar-refractivity contribution in [2.75, 3.05) is 11.6 Å². The summed E-state index contributed by atoms with van der Waals surface area (Å²) in [6, 6.07) is 0. The molecule has 92 valence electrons. The summed E-state index contributed by atoms with van der Waals surface area (Å²) >= 11 is 0. The second kappa shape index (κ2) is 6.40. The molecule has 1 heterocycles. The molecule has 1 rings (SSSR count). The summed E-state index contributed by atoms with van der Waals surface area (Å²) < 4.78 is 1.52. The average Bonchev–Trinajstić information content (AvgIpc) is 2.56. The van der Waals surface area contributed by atoms with E-state index < -0.39 is 0 Å². The van der Waals surface area contributed by atoms with E-state index in [1.165, 1.54) is 30.4 Å². The van der Waals surface area contributed by atoms with Crippen LogP contribution in [-0.4, -0.2) is 9.66 Å². The lowest BCUT2D eigenvalue weighted by Crippen LogP contribution is -2.15. The van der Waals surface area contributed by atoms with E-state index in [4.69, 9.17) is 11.6 Å². The number of nitrogens with zero attached hydrogens (tertiary/aromatic N) is 2. The van der Waals surface area contributed by atoms with Gasteiger partial charge in [0.15, 0.2) is 0 Å². The third kappa shape index (κ3) is 3.15. The fourth-order valence-corrected chi connectivity index (χ4v) is 1.87. The largest absolute Gasteiger partial charge is 0.382 e. The molecular weight excluding hydrogens is 200 g/mol. The van der Waals surface area contributed by atoms with Gasteiger partial charge in [-0.25, -0.2) is 9.66 Å². The second-order valence-corrected chi connectivity index (χ2v) is 4.25. The summed E-state index contributed by atoms with van der Waals surface area (Å²) in [5.74, 6) is 7.30. The van der Waals surface area contributed by atoms with Gasteiger partial charge in [0.2, 0.25) is 0 Å². The van der Waals surface area contributed by atoms with Crippen molar-refractivity contribution in [1.29, 1.82) is 0 Å². The van der Waals surface area contributed by atoms with Gasteiger partial charge in [-0.15, -0.1) is 0 Å². The third-order valence-electron chi connectivity index (χ3n) is 2.93. The van der Waals surface area contributed by atoms with Crippen molar-refractivity contribution in [2.45, 2.75) is 58.8 Å². The first-order valence-electron chi connectivity index (χ1n) is 6.31. The zero-order valence-corrected chi connectivity index (χ0v) is 10.5. The van der Waals surface area contributed by atoms with Gasteiger partial charge in [0.25, 0.3) is 0 Å². The molecular formula is C12H24N4. The number of unbranched alkanes of at least 4 members (excludes halogenated alkanes) is 4. The summed E-state index contributed by atoms with van der Waals surface area (Å²) in [5.41, 5.74) is 6.86. The van der Waals surface area contributed by atoms with Gasteiger partial charge in [-0.05, 0) is 12.8 Å². The van der Waals surface area contributed by atoms with Crippen molar-refractivity contribution < 1.29 is 0 Å². The highest BCUT2D eigenvalue weighted by atomic mass is 15.4. The predicted octanol–water partition coefficient (Wildman–Crippen LogP) is 2.25. The molecule has 4 heteroatoms. The van der Waals surface area contributed by atoms with Crippen LogP contribution in [-0.2, 0) is 12.8 Å². The minimum absolute atomic E-state index is 0.632. The zero-order chi connectivity index (χ0) is 12.0. The maximum atomic E-state index is 5.90. The molecule has 0 aliphatic carbocycles. The van der Waals surface area contributed by atoms with E-state index in [0.29, 0.717) is 5.82 Å². The Kier molecular flexibility index (Phi) is 5.15. The molecule has 4 nitrogen and oxygen atoms in total. The lowest BCUT2D eigenvalue weighted by molar-refractivity contribution is 0.629. The Hall–Kier alpha value is -1.19. The number of hydrogen-bond donors (Lipinski definition) is 2. The van der Waals surface area contributed by atoms with Crippen molar-refractivity contribution in [3.8, 4) is 0 Å². The van der Waals surface area contributed by atoms with Crippen molar-refractivity contribution in [1.82, 2.24) is 9.66 Å². The van der Waals surface area contributed by atoms with Gasteiger partial charge < -0.3 is 11.6 Å². The van der Waals surface area contributed by atoms with E-state index in [1.807, 2.05) is 6.92 Å². The van der Waals surface area contributed by atoms with Gasteiger partial charge in [-0.2, -0.15) is 0 Å². The third-order valence-corrected chi connectivity index (χ3v) is 2.93. The summed E-state index contributed by atoms with van der Waals surface area (Å²) in [5, 5.41) is 0. The van der Waals surface area contributed by atoms with Crippen LogP contribution >= 0.6 is 0 Å². The topological polar surface area (TPSA) is 69.9 Å². The molecule has 0 radical (unpaired) electrons. The van der Waals surface area contributed by atoms with Crippen LogP contribution in [0.4, 0.5) is 5.82 Å². The maximum absolute atomic E-state index is 5.90. The molecule has 0 spiro atoms. The van der Waals surface area contributed by atoms with E-state index in [1.54, 1.807) is 0 Å². The number of imidazole rings is 1. The first-order chi connectivity index (χ1) is 7.70. The molecule has 0 aromatic carbocycles. The molecule has 0 saturated heterocycles. The number of hydrogen-bond acceptors (Lipinski definition) is 3. The van der Waals surface area contributed by atoms with E-state index in [2.05, 4.69) is 11.9 Å². The van der Waals surface area contributed by atoms with Gasteiger partial charge in [0, 0.05) is 6.42 Å². The molecule has 0 fully saturated rings. The highest BCUT2D eigenvalue weighted by molar-refractivity contribution is 5.38. The van der Waals surface area contributed by atoms with E-state index in [9.17, 15) is 0 Å². The Labute approximate surface area is 98.0 Å². The molecule has 0 saturated carbocycles. The maximum Gasteiger partial charge on any atom is 0.145 e. The molecule has 4 N–H and O–H groups in total. The van der Waals surface area contributed by atoms with Crippen molar-refractivity contribution >= 4 is 5.82 Å². The normalized spacial score (nSPS) is 10.9. The molecule has 0 atom stereocenters. The molecule has 0 unspecified atom stereocenters. The standard InChI is InChI=1S/C12H24N4/c1-3-5-6-7-8-9-10-12(13)16(14)11(4-2)15-10/h3-9,13-14H2,1-2H3. The number of aryl methyl sites for hydroxylation is 2. The average molecular weight is 224 g/mol. The fraction of sp³-hybridized carbons (Fsp3) is 0.750. The Morgan fingerprint density at radius 2 is 1.81 bits per heavy atom. The molecule has 16 heavy (non-hydrogen) atoms. The summed E-state index contributed by atoms with van der Waals surface area (Å²) in [6.07, 6.45) is 8.10. The number of rotatable bonds is 7. The SMILES string of the molecule is CCCCCCCc1nc(CC)n(N)c1N. The Morgan fingerprint density at radius 1 is 1.12 bits per heavy atom. The summed E-state index contributed by atoms with van der Waals surface area (Å²) in [4.78, 5) is 4.46. The number of aromatic nitrogens is 2. The predicted molar refractivity (Wildman–Crippen MR) is 68.6 cm³/mol. The van der Waals surface area contributed by atoms with Gasteiger partial charge in [0.05, 0.1) is 5.69 Å². The van der Waals surface area contributed by atoms with Crippen molar-refractivity contribution in [3.05, 3.63) is 11.5 Å². The molecule has 0 aliphatic heterocycles. The smallest absolute Gasteiger partial charge is 0.145 e. The summed E-state index contributed by atoms with van der Waals surface area (Å²) in [6.45, 7) is 4.26. The van der Waals surface area contributed by atoms with Gasteiger partial charge >= 0.3 is 0 Å². The van der Waals surface area contributed by atoms with Crippen LogP contribution in [0.3, 0.4) is 0 Å². The Morgan fingerprint density at radius 3 is 2.38 bits per heavy atom. The first kappa shape index (κ1) is 12.9. The van der Waals surface area contributed by atoms with E-state index >= 15 is 0 Å². The van der Waals surface area contributed by atoms with Gasteiger partial charge in [-0.1, -0.05) is 39.5 Å². The second-order valence-electron chi connectivity index (χ2n) is 4.25. The first-order valence-corrected chi connectivity index (χ1v) is 6.31. The fourth-order valence-electron chi connectivity index (χ4n) is 1.87. The molecule has 0 aliphatic rings. The van der Waals surface area contributed by atoms with Crippen LogP contribution < -0.4 is 11.6 Å². The monoisotopic (exact) mass is 224 g/mol. The Bertz CT molecular complexity index is 317. The van der Waals surface area contributed by atoms with Gasteiger partial charge in [0.1, 0.15) is 11.6 Å².